The van der Waals surface area contributed by atoms with Crippen LogP contribution in [-0.2, 0) is 4.79 Å². The molecule has 2 aliphatic carbocycles. The molecule has 1 saturated heterocycles. The molecule has 10 heteroatoms. The van der Waals surface area contributed by atoms with Gasteiger partial charge in [-0.15, -0.1) is 11.3 Å². The zero-order chi connectivity index (χ0) is 24.6. The zero-order valence-electron chi connectivity index (χ0n) is 19.8. The number of nitrogens with zero attached hydrogens (tertiary/aromatic N) is 3. The van der Waals surface area contributed by atoms with Gasteiger partial charge in [0.25, 0.3) is 0 Å². The third kappa shape index (κ3) is 4.75. The normalized spacial score (nSPS) is 25.0. The summed E-state index contributed by atoms with van der Waals surface area (Å²) in [6.07, 6.45) is 7.79. The van der Waals surface area contributed by atoms with Gasteiger partial charge in [0, 0.05) is 18.3 Å². The van der Waals surface area contributed by atoms with E-state index in [4.69, 9.17) is 27.1 Å². The van der Waals surface area contributed by atoms with Crippen LogP contribution in [0.2, 0.25) is 4.34 Å². The van der Waals surface area contributed by atoms with Crippen LogP contribution in [0.15, 0.2) is 42.5 Å². The van der Waals surface area contributed by atoms with Gasteiger partial charge in [-0.05, 0) is 74.5 Å². The molecule has 4 N–H and O–H groups in total. The van der Waals surface area contributed by atoms with Crippen LogP contribution in [0.1, 0.15) is 19.3 Å². The molecule has 3 unspecified atom stereocenters. The predicted molar refractivity (Wildman–Crippen MR) is 144 cm³/mol. The van der Waals surface area contributed by atoms with Gasteiger partial charge in [0.15, 0.2) is 0 Å². The number of aromatic nitrogens is 2. The third-order valence-corrected chi connectivity index (χ3v) is 8.68. The van der Waals surface area contributed by atoms with Crippen LogP contribution >= 0.6 is 22.9 Å². The van der Waals surface area contributed by atoms with Gasteiger partial charge in [-0.25, -0.2) is 4.98 Å². The van der Waals surface area contributed by atoms with E-state index in [1.54, 1.807) is 0 Å². The van der Waals surface area contributed by atoms with Crippen molar-refractivity contribution in [2.24, 2.45) is 23.5 Å². The average Bonchev–Trinajstić information content (AvgIpc) is 3.65. The number of allylic oxidation sites excluding steroid dienone is 1. The summed E-state index contributed by atoms with van der Waals surface area (Å²) in [7, 11) is 0. The van der Waals surface area contributed by atoms with E-state index in [0.29, 0.717) is 22.7 Å². The van der Waals surface area contributed by atoms with Gasteiger partial charge in [-0.3, -0.25) is 9.69 Å². The Kier molecular flexibility index (Phi) is 6.45. The minimum absolute atomic E-state index is 0.0960. The van der Waals surface area contributed by atoms with Crippen LogP contribution < -0.4 is 21.1 Å². The first kappa shape index (κ1) is 23.5. The first-order valence-corrected chi connectivity index (χ1v) is 13.7. The molecule has 8 nitrogen and oxygen atoms in total. The minimum atomic E-state index is -0.278. The van der Waals surface area contributed by atoms with Gasteiger partial charge in [0.1, 0.15) is 18.2 Å². The molecule has 2 fully saturated rings. The van der Waals surface area contributed by atoms with Crippen LogP contribution in [0.25, 0.3) is 10.2 Å². The monoisotopic (exact) mass is 524 g/mol. The van der Waals surface area contributed by atoms with E-state index in [1.165, 1.54) is 37.3 Å². The van der Waals surface area contributed by atoms with Gasteiger partial charge in [-0.1, -0.05) is 23.8 Å². The average molecular weight is 525 g/mol. The second kappa shape index (κ2) is 9.88. The lowest BCUT2D eigenvalue weighted by Crippen LogP contribution is -2.41. The Morgan fingerprint density at radius 3 is 2.72 bits per heavy atom. The van der Waals surface area contributed by atoms with Gasteiger partial charge in [0.05, 0.1) is 20.5 Å². The molecule has 36 heavy (non-hydrogen) atoms. The first-order valence-electron chi connectivity index (χ1n) is 12.5. The number of nitrogens with one attached hydrogen (secondary N) is 2. The largest absolute Gasteiger partial charge is 0.492 e. The number of nitrogens with two attached hydrogens (primary N) is 1. The Morgan fingerprint density at radius 2 is 1.94 bits per heavy atom. The number of fused-ring (bicyclic) bond motifs is 3. The molecule has 0 spiro atoms. The smallest absolute Gasteiger partial charge is 0.229 e. The van der Waals surface area contributed by atoms with Gasteiger partial charge in [0.2, 0.25) is 11.9 Å². The van der Waals surface area contributed by atoms with Crippen LogP contribution in [0, 0.1) is 17.8 Å². The molecule has 1 aromatic carbocycles. The molecule has 2 aromatic heterocycles. The molecule has 2 bridgehead atoms. The van der Waals surface area contributed by atoms with E-state index in [2.05, 4.69) is 32.7 Å². The molecule has 1 amide bonds. The fourth-order valence-corrected chi connectivity index (χ4v) is 6.79. The second-order valence-corrected chi connectivity index (χ2v) is 11.4. The summed E-state index contributed by atoms with van der Waals surface area (Å²) in [6.45, 7) is 3.99. The van der Waals surface area contributed by atoms with Gasteiger partial charge >= 0.3 is 0 Å². The van der Waals surface area contributed by atoms with Crippen molar-refractivity contribution < 1.29 is 9.53 Å². The Bertz CT molecular complexity index is 1290. The number of halogens is 1. The van der Waals surface area contributed by atoms with E-state index in [-0.39, 0.29) is 29.7 Å². The van der Waals surface area contributed by atoms with Crippen molar-refractivity contribution in [1.82, 2.24) is 14.9 Å². The molecule has 188 valence electrons. The third-order valence-electron chi connectivity index (χ3n) is 7.42. The van der Waals surface area contributed by atoms with Crippen molar-refractivity contribution in [2.75, 3.05) is 36.9 Å². The summed E-state index contributed by atoms with van der Waals surface area (Å²) in [5, 5.41) is 6.82. The maximum absolute atomic E-state index is 12.2. The van der Waals surface area contributed by atoms with Gasteiger partial charge < -0.3 is 21.1 Å². The van der Waals surface area contributed by atoms with Crippen molar-refractivity contribution >= 4 is 56.5 Å². The zero-order valence-corrected chi connectivity index (χ0v) is 21.4. The van der Waals surface area contributed by atoms with Crippen molar-refractivity contribution in [2.45, 2.75) is 25.3 Å². The molecule has 0 radical (unpaired) electrons. The molecule has 6 rings (SSSR count). The van der Waals surface area contributed by atoms with Crippen LogP contribution in [0.4, 0.5) is 17.5 Å². The Hall–Kier alpha value is -2.88. The van der Waals surface area contributed by atoms with E-state index < -0.39 is 0 Å². The highest BCUT2D eigenvalue weighted by Gasteiger charge is 2.47. The lowest BCUT2D eigenvalue weighted by molar-refractivity contribution is -0.122. The molecule has 3 aromatic rings. The van der Waals surface area contributed by atoms with Crippen LogP contribution in [-0.4, -0.2) is 53.1 Å². The summed E-state index contributed by atoms with van der Waals surface area (Å²) in [5.74, 6) is 1.86. The molecule has 3 aliphatic rings. The van der Waals surface area contributed by atoms with E-state index in [0.717, 1.165) is 34.6 Å². The van der Waals surface area contributed by atoms with Crippen molar-refractivity contribution in [3.05, 3.63) is 46.8 Å². The number of anilines is 3. The Balaban J connectivity index is 1.18. The number of rotatable bonds is 9. The maximum atomic E-state index is 12.2. The highest BCUT2D eigenvalue weighted by Crippen LogP contribution is 2.46. The van der Waals surface area contributed by atoms with Crippen molar-refractivity contribution in [3.8, 4) is 5.75 Å². The molecule has 1 aliphatic heterocycles. The number of thiophene rings is 1. The predicted octanol–water partition coefficient (Wildman–Crippen LogP) is 4.65. The first-order chi connectivity index (χ1) is 17.5. The number of hydrogen-bond acceptors (Lipinski definition) is 8. The quantitative estimate of drug-likeness (QED) is 0.350. The number of hydrogen-bond donors (Lipinski definition) is 3. The van der Waals surface area contributed by atoms with Crippen molar-refractivity contribution in [1.29, 1.82) is 0 Å². The van der Waals surface area contributed by atoms with Crippen LogP contribution in [0.5, 0.6) is 5.75 Å². The van der Waals surface area contributed by atoms with Crippen LogP contribution in [0.3, 0.4) is 0 Å². The molecule has 1 saturated carbocycles. The van der Waals surface area contributed by atoms with Crippen molar-refractivity contribution in [3.63, 3.8) is 0 Å². The number of amides is 1. The summed E-state index contributed by atoms with van der Waals surface area (Å²) < 4.78 is 7.41. The number of likely N-dealkylation sites (tertiary alicyclic amines) is 1. The standard InChI is InChI=1S/C26H29ClN6O2S/c27-20-14-19-23(36-20)25(31-22-16-4-3-15(13-16)21(22)24(28)34)32-26(30-19)29-17-5-7-18(8-6-17)35-12-11-33-9-1-2-10-33/h3-8,14-16,21-22H,1-2,9-13H2,(H2,28,34)(H2,29,30,31,32)/t15?,16?,21?,22-/m1/s1. The molecule has 3 heterocycles. The second-order valence-electron chi connectivity index (χ2n) is 9.75. The van der Waals surface area contributed by atoms with E-state index in [1.807, 2.05) is 30.3 Å². The number of primary amides is 1. The van der Waals surface area contributed by atoms with E-state index >= 15 is 0 Å². The molecule has 4 atom stereocenters. The number of ether oxygens (including phenoxy) is 1. The number of carbonyl (C=O) groups is 1. The summed E-state index contributed by atoms with van der Waals surface area (Å²) in [4.78, 5) is 24.1. The minimum Gasteiger partial charge on any atom is -0.492 e. The molecular weight excluding hydrogens is 496 g/mol. The van der Waals surface area contributed by atoms with E-state index in [9.17, 15) is 4.79 Å². The highest BCUT2D eigenvalue weighted by molar-refractivity contribution is 7.23. The summed E-state index contributed by atoms with van der Waals surface area (Å²) in [6, 6.07) is 9.55. The summed E-state index contributed by atoms with van der Waals surface area (Å²) in [5.41, 5.74) is 7.37. The lowest BCUT2D eigenvalue weighted by Gasteiger charge is -2.27. The highest BCUT2D eigenvalue weighted by atomic mass is 35.5. The molecular formula is C26H29ClN6O2S. The fourth-order valence-electron chi connectivity index (χ4n) is 5.68. The van der Waals surface area contributed by atoms with Gasteiger partial charge in [-0.2, -0.15) is 4.98 Å². The fraction of sp³-hybridized carbons (Fsp3) is 0.423. The SMILES string of the molecule is NC(=O)C1C2C=CC(C2)[C@H]1Nc1nc(Nc2ccc(OCCN3CCCC3)cc2)nc2cc(Cl)sc12. The summed E-state index contributed by atoms with van der Waals surface area (Å²) >= 11 is 7.75. The topological polar surface area (TPSA) is 105 Å². The Labute approximate surface area is 218 Å². The Morgan fingerprint density at radius 1 is 1.17 bits per heavy atom. The number of benzene rings is 1. The lowest BCUT2D eigenvalue weighted by atomic mass is 9.88. The number of carbonyl (C=O) groups excluding carboxylic acids is 1. The maximum Gasteiger partial charge on any atom is 0.229 e.